The zero-order valence-electron chi connectivity index (χ0n) is 13.9. The Hall–Kier alpha value is -2.09. The van der Waals surface area contributed by atoms with Gasteiger partial charge in [0, 0.05) is 25.1 Å². The maximum absolute atomic E-state index is 11.9. The lowest BCUT2D eigenvalue weighted by molar-refractivity contribution is -0.139. The van der Waals surface area contributed by atoms with Gasteiger partial charge in [0.1, 0.15) is 11.9 Å². The van der Waals surface area contributed by atoms with Crippen molar-refractivity contribution in [3.63, 3.8) is 0 Å². The minimum atomic E-state index is -0.710. The molecule has 6 nitrogen and oxygen atoms in total. The number of ether oxygens (including phenoxy) is 2. The van der Waals surface area contributed by atoms with E-state index in [2.05, 4.69) is 10.6 Å². The van der Waals surface area contributed by atoms with Gasteiger partial charge in [-0.25, -0.2) is 0 Å². The first kappa shape index (κ1) is 19.2. The summed E-state index contributed by atoms with van der Waals surface area (Å²) in [7, 11) is 3.12. The molecule has 25 heavy (non-hydrogen) atoms. The molecule has 0 saturated carbocycles. The molecule has 1 aromatic heterocycles. The van der Waals surface area contributed by atoms with Gasteiger partial charge in [-0.05, 0) is 29.8 Å². The lowest BCUT2D eigenvalue weighted by Crippen LogP contribution is -2.41. The van der Waals surface area contributed by atoms with Crippen molar-refractivity contribution >= 4 is 34.8 Å². The monoisotopic (exact) mass is 382 g/mol. The zero-order valence-corrected chi connectivity index (χ0v) is 15.4. The van der Waals surface area contributed by atoms with Crippen LogP contribution >= 0.6 is 22.9 Å². The number of hydrogen-bond donors (Lipinski definition) is 2. The van der Waals surface area contributed by atoms with Gasteiger partial charge in [0.25, 0.3) is 0 Å². The third-order valence-electron chi connectivity index (χ3n) is 3.46. The van der Waals surface area contributed by atoms with Crippen LogP contribution in [-0.4, -0.2) is 32.6 Å². The van der Waals surface area contributed by atoms with Crippen LogP contribution < -0.4 is 15.4 Å². The number of nitrogens with one attached hydrogen (secondary N) is 2. The first-order chi connectivity index (χ1) is 12.0. The number of methoxy groups -OCH3 is 2. The van der Waals surface area contributed by atoms with Gasteiger partial charge in [-0.3, -0.25) is 9.59 Å². The molecule has 0 fully saturated rings. The molecule has 0 aliphatic heterocycles. The second kappa shape index (κ2) is 9.41. The van der Waals surface area contributed by atoms with Crippen molar-refractivity contribution in [3.8, 4) is 5.75 Å². The van der Waals surface area contributed by atoms with E-state index in [0.29, 0.717) is 4.34 Å². The van der Waals surface area contributed by atoms with Crippen LogP contribution in [0.25, 0.3) is 0 Å². The number of hydrogen-bond acceptors (Lipinski definition) is 5. The van der Waals surface area contributed by atoms with Gasteiger partial charge in [0.2, 0.25) is 0 Å². The third kappa shape index (κ3) is 5.74. The Bertz CT molecular complexity index is 718. The molecule has 1 unspecified atom stereocenters. The highest BCUT2D eigenvalue weighted by molar-refractivity contribution is 7.16. The number of thiophene rings is 1. The Morgan fingerprint density at radius 3 is 2.32 bits per heavy atom. The second-order valence-corrected chi connectivity index (χ2v) is 6.85. The molecule has 8 heteroatoms. The molecule has 1 atom stereocenters. The summed E-state index contributed by atoms with van der Waals surface area (Å²) in [6.07, 6.45) is -0.351. The van der Waals surface area contributed by atoms with Crippen molar-refractivity contribution < 1.29 is 19.1 Å². The van der Waals surface area contributed by atoms with Crippen LogP contribution in [-0.2, 0) is 20.9 Å². The van der Waals surface area contributed by atoms with Crippen LogP contribution in [0.1, 0.15) is 16.5 Å². The molecule has 1 aromatic carbocycles. The zero-order chi connectivity index (χ0) is 18.2. The van der Waals surface area contributed by atoms with Crippen LogP contribution in [0.4, 0.5) is 0 Å². The van der Waals surface area contributed by atoms with Crippen LogP contribution in [0.15, 0.2) is 36.4 Å². The maximum Gasteiger partial charge on any atom is 0.309 e. The van der Waals surface area contributed by atoms with E-state index in [1.807, 2.05) is 18.2 Å². The standard InChI is InChI=1S/C17H19ClN2O4S/c1-23-12-5-3-11(4-6-12)9-19-16(21)17(22)20-10-13(24-2)14-7-8-15(18)25-14/h3-8,13H,9-10H2,1-2H3,(H,19,21)(H,20,22). The summed E-state index contributed by atoms with van der Waals surface area (Å²) < 4.78 is 11.0. The van der Waals surface area contributed by atoms with Crippen molar-refractivity contribution in [1.82, 2.24) is 10.6 Å². The maximum atomic E-state index is 11.9. The van der Waals surface area contributed by atoms with Crippen molar-refractivity contribution in [3.05, 3.63) is 51.2 Å². The van der Waals surface area contributed by atoms with Gasteiger partial charge in [-0.15, -0.1) is 11.3 Å². The highest BCUT2D eigenvalue weighted by Crippen LogP contribution is 2.28. The average Bonchev–Trinajstić information content (AvgIpc) is 3.06. The van der Waals surface area contributed by atoms with Crippen LogP contribution in [0.2, 0.25) is 4.34 Å². The molecule has 2 aromatic rings. The van der Waals surface area contributed by atoms with Crippen molar-refractivity contribution in [1.29, 1.82) is 0 Å². The summed E-state index contributed by atoms with van der Waals surface area (Å²) in [5.41, 5.74) is 0.866. The van der Waals surface area contributed by atoms with E-state index in [0.717, 1.165) is 16.2 Å². The number of halogens is 1. The summed E-state index contributed by atoms with van der Waals surface area (Å²) >= 11 is 7.27. The lowest BCUT2D eigenvalue weighted by Gasteiger charge is -2.14. The Morgan fingerprint density at radius 2 is 1.76 bits per heavy atom. The minimum Gasteiger partial charge on any atom is -0.497 e. The van der Waals surface area contributed by atoms with Crippen LogP contribution in [0.3, 0.4) is 0 Å². The predicted molar refractivity (Wildman–Crippen MR) is 96.9 cm³/mol. The first-order valence-corrected chi connectivity index (χ1v) is 8.70. The lowest BCUT2D eigenvalue weighted by atomic mass is 10.2. The van der Waals surface area contributed by atoms with E-state index in [1.54, 1.807) is 25.3 Å². The van der Waals surface area contributed by atoms with E-state index in [1.165, 1.54) is 18.4 Å². The van der Waals surface area contributed by atoms with Crippen LogP contribution in [0, 0.1) is 0 Å². The molecule has 2 amide bonds. The molecule has 2 rings (SSSR count). The first-order valence-electron chi connectivity index (χ1n) is 7.50. The van der Waals surface area contributed by atoms with Gasteiger partial charge in [0.05, 0.1) is 11.4 Å². The Morgan fingerprint density at radius 1 is 1.08 bits per heavy atom. The molecule has 2 N–H and O–H groups in total. The molecular formula is C17H19ClN2O4S. The van der Waals surface area contributed by atoms with Crippen molar-refractivity contribution in [2.24, 2.45) is 0 Å². The number of carbonyl (C=O) groups is 2. The summed E-state index contributed by atoms with van der Waals surface area (Å²) in [5, 5.41) is 5.13. The van der Waals surface area contributed by atoms with E-state index >= 15 is 0 Å². The molecule has 0 radical (unpaired) electrons. The predicted octanol–water partition coefficient (Wildman–Crippen LogP) is 2.53. The average molecular weight is 383 g/mol. The summed E-state index contributed by atoms with van der Waals surface area (Å²) in [6, 6.07) is 10.8. The van der Waals surface area contributed by atoms with E-state index in [4.69, 9.17) is 21.1 Å². The van der Waals surface area contributed by atoms with Gasteiger partial charge in [-0.1, -0.05) is 23.7 Å². The summed E-state index contributed by atoms with van der Waals surface area (Å²) in [4.78, 5) is 24.7. The normalized spacial score (nSPS) is 11.6. The van der Waals surface area contributed by atoms with Gasteiger partial charge in [0.15, 0.2) is 0 Å². The molecular weight excluding hydrogens is 364 g/mol. The van der Waals surface area contributed by atoms with Crippen molar-refractivity contribution in [2.45, 2.75) is 12.6 Å². The highest BCUT2D eigenvalue weighted by Gasteiger charge is 2.18. The number of benzene rings is 1. The number of amides is 2. The molecule has 1 heterocycles. The fourth-order valence-electron chi connectivity index (χ4n) is 2.07. The van der Waals surface area contributed by atoms with Gasteiger partial charge in [-0.2, -0.15) is 0 Å². The third-order valence-corrected chi connectivity index (χ3v) is 4.79. The van der Waals surface area contributed by atoms with E-state index in [-0.39, 0.29) is 19.2 Å². The highest BCUT2D eigenvalue weighted by atomic mass is 35.5. The molecule has 0 aliphatic rings. The summed E-state index contributed by atoms with van der Waals surface area (Å²) in [6.45, 7) is 0.437. The number of carbonyl (C=O) groups excluding carboxylic acids is 2. The van der Waals surface area contributed by atoms with Gasteiger partial charge < -0.3 is 20.1 Å². The largest absolute Gasteiger partial charge is 0.497 e. The fourth-order valence-corrected chi connectivity index (χ4v) is 3.21. The SMILES string of the molecule is COc1ccc(CNC(=O)C(=O)NCC(OC)c2ccc(Cl)s2)cc1. The fraction of sp³-hybridized carbons (Fsp3) is 0.294. The second-order valence-electron chi connectivity index (χ2n) is 5.11. The molecule has 0 bridgehead atoms. The molecule has 0 spiro atoms. The smallest absolute Gasteiger partial charge is 0.309 e. The Kier molecular flexibility index (Phi) is 7.24. The Balaban J connectivity index is 1.80. The summed E-state index contributed by atoms with van der Waals surface area (Å²) in [5.74, 6) is -0.680. The van der Waals surface area contributed by atoms with Gasteiger partial charge >= 0.3 is 11.8 Å². The Labute approximate surface area is 155 Å². The number of rotatable bonds is 7. The molecule has 134 valence electrons. The van der Waals surface area contributed by atoms with Crippen molar-refractivity contribution in [2.75, 3.05) is 20.8 Å². The minimum absolute atomic E-state index is 0.183. The van der Waals surface area contributed by atoms with E-state index < -0.39 is 11.8 Å². The van der Waals surface area contributed by atoms with Crippen LogP contribution in [0.5, 0.6) is 5.75 Å². The van der Waals surface area contributed by atoms with E-state index in [9.17, 15) is 9.59 Å². The molecule has 0 saturated heterocycles. The quantitative estimate of drug-likeness (QED) is 0.721. The topological polar surface area (TPSA) is 76.7 Å². The molecule has 0 aliphatic carbocycles.